The van der Waals surface area contributed by atoms with Crippen molar-refractivity contribution in [1.29, 1.82) is 10.5 Å². The fourth-order valence-corrected chi connectivity index (χ4v) is 4.20. The maximum Gasteiger partial charge on any atom is 0.262 e. The lowest BCUT2D eigenvalue weighted by atomic mass is 9.97. The molecule has 0 aromatic carbocycles. The minimum Gasteiger partial charge on any atom is -0.297 e. The van der Waals surface area contributed by atoms with Crippen LogP contribution in [0.3, 0.4) is 0 Å². The van der Waals surface area contributed by atoms with Gasteiger partial charge in [0.05, 0.1) is 29.8 Å². The van der Waals surface area contributed by atoms with Crippen molar-refractivity contribution in [3.8, 4) is 12.1 Å². The van der Waals surface area contributed by atoms with Crippen LogP contribution in [0.25, 0.3) is 10.2 Å². The van der Waals surface area contributed by atoms with Gasteiger partial charge in [-0.05, 0) is 37.7 Å². The summed E-state index contributed by atoms with van der Waals surface area (Å²) in [6, 6.07) is 4.23. The molecule has 2 aromatic heterocycles. The zero-order chi connectivity index (χ0) is 15.5. The van der Waals surface area contributed by atoms with Crippen molar-refractivity contribution in [1.82, 2.24) is 9.55 Å². The number of rotatable bonds is 4. The number of thiophene rings is 1. The quantitative estimate of drug-likeness (QED) is 0.869. The fourth-order valence-electron chi connectivity index (χ4n) is 2.98. The van der Waals surface area contributed by atoms with Crippen LogP contribution in [-0.4, -0.2) is 9.55 Å². The van der Waals surface area contributed by atoms with Crippen LogP contribution in [0.4, 0.5) is 0 Å². The summed E-state index contributed by atoms with van der Waals surface area (Å²) in [5.41, 5.74) is 1.13. The molecule has 0 amide bonds. The van der Waals surface area contributed by atoms with Gasteiger partial charge in [-0.15, -0.1) is 11.3 Å². The molecule has 5 nitrogen and oxygen atoms in total. The number of aromatic nitrogens is 2. The summed E-state index contributed by atoms with van der Waals surface area (Å²) in [5.74, 6) is -0.328. The molecular formula is C16H16N4OS. The van der Waals surface area contributed by atoms with Crippen LogP contribution in [0.2, 0.25) is 0 Å². The van der Waals surface area contributed by atoms with Gasteiger partial charge in [0.1, 0.15) is 4.83 Å². The molecule has 112 valence electrons. The summed E-state index contributed by atoms with van der Waals surface area (Å²) < 4.78 is 1.54. The monoisotopic (exact) mass is 312 g/mol. The SMILES string of the molecule is N#CCCC(C#N)Cn1cnc2sc3c(c2c1=O)CCCC3. The van der Waals surface area contributed by atoms with Crippen molar-refractivity contribution < 1.29 is 0 Å². The van der Waals surface area contributed by atoms with E-state index in [9.17, 15) is 10.1 Å². The van der Waals surface area contributed by atoms with E-state index in [1.165, 1.54) is 21.4 Å². The average Bonchev–Trinajstić information content (AvgIpc) is 2.92. The molecule has 0 fully saturated rings. The Hall–Kier alpha value is -2.18. The van der Waals surface area contributed by atoms with E-state index in [1.54, 1.807) is 17.7 Å². The lowest BCUT2D eigenvalue weighted by molar-refractivity contribution is 0.498. The number of fused-ring (bicyclic) bond motifs is 3. The summed E-state index contributed by atoms with van der Waals surface area (Å²) in [4.78, 5) is 19.3. The van der Waals surface area contributed by atoms with Crippen molar-refractivity contribution in [2.24, 2.45) is 5.92 Å². The van der Waals surface area contributed by atoms with Crippen LogP contribution in [0, 0.1) is 28.6 Å². The second-order valence-corrected chi connectivity index (χ2v) is 6.70. The van der Waals surface area contributed by atoms with Crippen LogP contribution in [0.5, 0.6) is 0 Å². The molecule has 1 atom stereocenters. The zero-order valence-corrected chi connectivity index (χ0v) is 13.0. The third kappa shape index (κ3) is 2.63. The number of hydrogen-bond acceptors (Lipinski definition) is 5. The normalized spacial score (nSPS) is 15.0. The summed E-state index contributed by atoms with van der Waals surface area (Å²) in [5, 5.41) is 18.6. The van der Waals surface area contributed by atoms with Gasteiger partial charge in [0.25, 0.3) is 5.56 Å². The van der Waals surface area contributed by atoms with E-state index in [-0.39, 0.29) is 11.5 Å². The van der Waals surface area contributed by atoms with Crippen molar-refractivity contribution in [2.45, 2.75) is 45.1 Å². The largest absolute Gasteiger partial charge is 0.297 e. The van der Waals surface area contributed by atoms with Gasteiger partial charge in [-0.1, -0.05) is 0 Å². The van der Waals surface area contributed by atoms with Crippen LogP contribution in [-0.2, 0) is 19.4 Å². The molecule has 22 heavy (non-hydrogen) atoms. The first-order valence-corrected chi connectivity index (χ1v) is 8.32. The van der Waals surface area contributed by atoms with Gasteiger partial charge in [-0.2, -0.15) is 10.5 Å². The summed E-state index contributed by atoms with van der Waals surface area (Å²) in [6.45, 7) is 0.310. The van der Waals surface area contributed by atoms with E-state index in [0.717, 1.165) is 29.5 Å². The first-order valence-electron chi connectivity index (χ1n) is 7.51. The molecule has 3 rings (SSSR count). The highest BCUT2D eigenvalue weighted by atomic mass is 32.1. The predicted octanol–water partition coefficient (Wildman–Crippen LogP) is 2.78. The molecule has 1 aliphatic rings. The lowest BCUT2D eigenvalue weighted by Crippen LogP contribution is -2.24. The Morgan fingerprint density at radius 2 is 2.18 bits per heavy atom. The molecule has 1 unspecified atom stereocenters. The molecule has 0 spiro atoms. The molecule has 0 radical (unpaired) electrons. The van der Waals surface area contributed by atoms with Crippen molar-refractivity contribution in [2.75, 3.05) is 0 Å². The lowest BCUT2D eigenvalue weighted by Gasteiger charge is -2.11. The van der Waals surface area contributed by atoms with E-state index in [2.05, 4.69) is 11.1 Å². The maximum atomic E-state index is 12.7. The Morgan fingerprint density at radius 1 is 1.36 bits per heavy atom. The number of nitrogens with zero attached hydrogens (tertiary/aromatic N) is 4. The Balaban J connectivity index is 1.98. The van der Waals surface area contributed by atoms with Gasteiger partial charge in [0, 0.05) is 17.8 Å². The first-order chi connectivity index (χ1) is 10.7. The highest BCUT2D eigenvalue weighted by Gasteiger charge is 2.20. The molecule has 0 bridgehead atoms. The van der Waals surface area contributed by atoms with Crippen LogP contribution in [0.15, 0.2) is 11.1 Å². The standard InChI is InChI=1S/C16H16N4OS/c17-7-3-4-11(8-18)9-20-10-19-15-14(16(20)21)12-5-1-2-6-13(12)22-15/h10-11H,1-6,9H2. The van der Waals surface area contributed by atoms with Gasteiger partial charge >= 0.3 is 0 Å². The molecule has 2 heterocycles. The van der Waals surface area contributed by atoms with E-state index in [1.807, 2.05) is 6.07 Å². The smallest absolute Gasteiger partial charge is 0.262 e. The average molecular weight is 312 g/mol. The molecule has 0 aliphatic heterocycles. The Bertz CT molecular complexity index is 837. The van der Waals surface area contributed by atoms with Crippen LogP contribution in [0.1, 0.15) is 36.1 Å². The van der Waals surface area contributed by atoms with Crippen LogP contribution < -0.4 is 5.56 Å². The van der Waals surface area contributed by atoms with E-state index < -0.39 is 0 Å². The van der Waals surface area contributed by atoms with Crippen LogP contribution >= 0.6 is 11.3 Å². The fraction of sp³-hybridized carbons (Fsp3) is 0.500. The first kappa shape index (κ1) is 14.7. The molecule has 0 saturated heterocycles. The van der Waals surface area contributed by atoms with Gasteiger partial charge in [0.2, 0.25) is 0 Å². The second-order valence-electron chi connectivity index (χ2n) is 5.62. The van der Waals surface area contributed by atoms with E-state index in [0.29, 0.717) is 19.4 Å². The summed E-state index contributed by atoms with van der Waals surface area (Å²) in [7, 11) is 0. The Kier molecular flexibility index (Phi) is 4.22. The molecule has 2 aromatic rings. The predicted molar refractivity (Wildman–Crippen MR) is 84.5 cm³/mol. The molecule has 6 heteroatoms. The maximum absolute atomic E-state index is 12.7. The van der Waals surface area contributed by atoms with Gasteiger partial charge < -0.3 is 0 Å². The van der Waals surface area contributed by atoms with Gasteiger partial charge in [0.15, 0.2) is 0 Å². The third-order valence-electron chi connectivity index (χ3n) is 4.15. The van der Waals surface area contributed by atoms with Crippen molar-refractivity contribution in [3.63, 3.8) is 0 Å². The van der Waals surface area contributed by atoms with Gasteiger partial charge in [-0.25, -0.2) is 4.98 Å². The topological polar surface area (TPSA) is 82.5 Å². The zero-order valence-electron chi connectivity index (χ0n) is 12.2. The molecule has 0 saturated carbocycles. The van der Waals surface area contributed by atoms with E-state index in [4.69, 9.17) is 5.26 Å². The van der Waals surface area contributed by atoms with E-state index >= 15 is 0 Å². The second kappa shape index (κ2) is 6.29. The Labute approximate surface area is 132 Å². The summed E-state index contributed by atoms with van der Waals surface area (Å²) in [6.07, 6.45) is 6.65. The third-order valence-corrected chi connectivity index (χ3v) is 5.35. The molecular weight excluding hydrogens is 296 g/mol. The number of nitriles is 2. The Morgan fingerprint density at radius 3 is 2.95 bits per heavy atom. The number of aryl methyl sites for hydroxylation is 2. The minimum absolute atomic E-state index is 0.0402. The highest BCUT2D eigenvalue weighted by molar-refractivity contribution is 7.18. The highest BCUT2D eigenvalue weighted by Crippen LogP contribution is 2.33. The van der Waals surface area contributed by atoms with Crippen molar-refractivity contribution in [3.05, 3.63) is 27.1 Å². The molecule has 0 N–H and O–H groups in total. The van der Waals surface area contributed by atoms with Crippen molar-refractivity contribution >= 4 is 21.6 Å². The summed E-state index contributed by atoms with van der Waals surface area (Å²) >= 11 is 1.63. The van der Waals surface area contributed by atoms with Gasteiger partial charge in [-0.3, -0.25) is 9.36 Å². The minimum atomic E-state index is -0.328. The molecule has 1 aliphatic carbocycles. The number of hydrogen-bond donors (Lipinski definition) is 0.